The molecule has 18 heavy (non-hydrogen) atoms. The fourth-order valence-electron chi connectivity index (χ4n) is 2.43. The molecule has 1 aromatic rings. The van der Waals surface area contributed by atoms with E-state index in [0.717, 1.165) is 11.1 Å². The number of carboxylic acids is 1. The van der Waals surface area contributed by atoms with Gasteiger partial charge in [0.2, 0.25) is 0 Å². The van der Waals surface area contributed by atoms with E-state index < -0.39 is 11.5 Å². The van der Waals surface area contributed by atoms with E-state index in [1.807, 2.05) is 6.07 Å². The zero-order valence-electron chi connectivity index (χ0n) is 10.5. The van der Waals surface area contributed by atoms with Crippen molar-refractivity contribution in [3.05, 3.63) is 23.3 Å². The Hall–Kier alpha value is -1.75. The maximum absolute atomic E-state index is 11.2. The van der Waals surface area contributed by atoms with Gasteiger partial charge in [0.1, 0.15) is 5.54 Å². The summed E-state index contributed by atoms with van der Waals surface area (Å²) in [5.74, 6) is 0.390. The summed E-state index contributed by atoms with van der Waals surface area (Å²) in [7, 11) is 3.16. The molecule has 1 atom stereocenters. The van der Waals surface area contributed by atoms with E-state index in [0.29, 0.717) is 30.8 Å². The molecular weight excluding hydrogens is 234 g/mol. The quantitative estimate of drug-likeness (QED) is 0.836. The summed E-state index contributed by atoms with van der Waals surface area (Å²) < 4.78 is 10.6. The molecule has 0 amide bonds. The Morgan fingerprint density at radius 1 is 1.39 bits per heavy atom. The molecule has 3 N–H and O–H groups in total. The molecule has 0 bridgehead atoms. The Labute approximate surface area is 106 Å². The van der Waals surface area contributed by atoms with Crippen molar-refractivity contribution >= 4 is 5.97 Å². The lowest BCUT2D eigenvalue weighted by molar-refractivity contribution is -0.143. The number of carboxylic acid groups (broad SMARTS) is 1. The highest BCUT2D eigenvalue weighted by atomic mass is 16.5. The van der Waals surface area contributed by atoms with E-state index in [4.69, 9.17) is 20.3 Å². The van der Waals surface area contributed by atoms with Crippen LogP contribution in [0.4, 0.5) is 0 Å². The smallest absolute Gasteiger partial charge is 0.324 e. The highest BCUT2D eigenvalue weighted by Gasteiger charge is 2.38. The van der Waals surface area contributed by atoms with E-state index in [1.54, 1.807) is 20.3 Å². The van der Waals surface area contributed by atoms with Crippen molar-refractivity contribution in [3.8, 4) is 11.5 Å². The van der Waals surface area contributed by atoms with Crippen LogP contribution in [0.2, 0.25) is 0 Å². The Bertz CT molecular complexity index is 486. The molecule has 1 aliphatic rings. The molecule has 0 aromatic heterocycles. The van der Waals surface area contributed by atoms with E-state index in [-0.39, 0.29) is 0 Å². The zero-order valence-corrected chi connectivity index (χ0v) is 10.5. The van der Waals surface area contributed by atoms with Crippen LogP contribution >= 0.6 is 0 Å². The van der Waals surface area contributed by atoms with Crippen LogP contribution in [0.1, 0.15) is 17.5 Å². The lowest BCUT2D eigenvalue weighted by Crippen LogP contribution is -2.52. The molecule has 98 valence electrons. The van der Waals surface area contributed by atoms with Gasteiger partial charge in [-0.3, -0.25) is 4.79 Å². The minimum Gasteiger partial charge on any atom is -0.493 e. The molecule has 2 rings (SSSR count). The van der Waals surface area contributed by atoms with E-state index in [2.05, 4.69) is 0 Å². The average molecular weight is 251 g/mol. The minimum atomic E-state index is -1.17. The third kappa shape index (κ3) is 1.90. The normalized spacial score (nSPS) is 22.2. The molecule has 0 saturated carbocycles. The Balaban J connectivity index is 2.44. The molecular formula is C13H17NO4. The van der Waals surface area contributed by atoms with Crippen molar-refractivity contribution in [3.63, 3.8) is 0 Å². The van der Waals surface area contributed by atoms with Crippen LogP contribution in [0.3, 0.4) is 0 Å². The number of aliphatic carboxylic acids is 1. The molecule has 1 aromatic carbocycles. The van der Waals surface area contributed by atoms with Crippen LogP contribution in [0, 0.1) is 0 Å². The van der Waals surface area contributed by atoms with Crippen molar-refractivity contribution in [1.82, 2.24) is 0 Å². The molecule has 0 heterocycles. The summed E-state index contributed by atoms with van der Waals surface area (Å²) in [6.45, 7) is 0. The Morgan fingerprint density at radius 3 is 2.67 bits per heavy atom. The van der Waals surface area contributed by atoms with Gasteiger partial charge in [-0.25, -0.2) is 0 Å². The number of hydrogen-bond donors (Lipinski definition) is 2. The maximum atomic E-state index is 11.2. The van der Waals surface area contributed by atoms with Crippen LogP contribution in [0.25, 0.3) is 0 Å². The van der Waals surface area contributed by atoms with Crippen molar-refractivity contribution in [2.24, 2.45) is 5.73 Å². The van der Waals surface area contributed by atoms with Gasteiger partial charge in [-0.05, 0) is 24.5 Å². The third-order valence-corrected chi connectivity index (χ3v) is 3.50. The molecule has 1 aliphatic carbocycles. The van der Waals surface area contributed by atoms with Crippen LogP contribution in [0.15, 0.2) is 12.1 Å². The number of ether oxygens (including phenoxy) is 2. The minimum absolute atomic E-state index is 0.317. The van der Waals surface area contributed by atoms with Gasteiger partial charge < -0.3 is 20.3 Å². The van der Waals surface area contributed by atoms with E-state index in [1.165, 1.54) is 0 Å². The van der Waals surface area contributed by atoms with Gasteiger partial charge in [-0.15, -0.1) is 0 Å². The maximum Gasteiger partial charge on any atom is 0.324 e. The van der Waals surface area contributed by atoms with Crippen molar-refractivity contribution in [2.75, 3.05) is 14.2 Å². The largest absolute Gasteiger partial charge is 0.493 e. The Kier molecular flexibility index (Phi) is 3.17. The van der Waals surface area contributed by atoms with Gasteiger partial charge in [0.25, 0.3) is 0 Å². The second-order valence-electron chi connectivity index (χ2n) is 4.58. The second-order valence-corrected chi connectivity index (χ2v) is 4.58. The summed E-state index contributed by atoms with van der Waals surface area (Å²) in [5.41, 5.74) is 6.65. The van der Waals surface area contributed by atoms with Crippen LogP contribution < -0.4 is 15.2 Å². The molecule has 0 fully saturated rings. The number of rotatable bonds is 3. The predicted molar refractivity (Wildman–Crippen MR) is 66.1 cm³/mol. The monoisotopic (exact) mass is 251 g/mol. The number of carbonyl (C=O) groups is 1. The topological polar surface area (TPSA) is 81.8 Å². The van der Waals surface area contributed by atoms with Crippen LogP contribution in [0.5, 0.6) is 11.5 Å². The first kappa shape index (κ1) is 12.7. The summed E-state index contributed by atoms with van der Waals surface area (Å²) in [6.07, 6.45) is 1.30. The standard InChI is InChI=1S/C13H17NO4/c1-17-10-4-3-8-7-13(14,12(15)16)6-5-9(8)11(10)18-2/h3-4H,5-7,14H2,1-2H3,(H,15,16). The average Bonchev–Trinajstić information content (AvgIpc) is 2.36. The summed E-state index contributed by atoms with van der Waals surface area (Å²) >= 11 is 0. The molecule has 5 heteroatoms. The number of methoxy groups -OCH3 is 2. The van der Waals surface area contributed by atoms with Gasteiger partial charge in [-0.2, -0.15) is 0 Å². The highest BCUT2D eigenvalue weighted by Crippen LogP contribution is 2.39. The van der Waals surface area contributed by atoms with Crippen molar-refractivity contribution < 1.29 is 19.4 Å². The number of nitrogens with two attached hydrogens (primary N) is 1. The highest BCUT2D eigenvalue weighted by molar-refractivity contribution is 5.79. The van der Waals surface area contributed by atoms with Crippen molar-refractivity contribution in [2.45, 2.75) is 24.8 Å². The van der Waals surface area contributed by atoms with Gasteiger partial charge >= 0.3 is 5.97 Å². The van der Waals surface area contributed by atoms with E-state index >= 15 is 0 Å². The molecule has 5 nitrogen and oxygen atoms in total. The molecule has 0 aliphatic heterocycles. The summed E-state index contributed by atoms with van der Waals surface area (Å²) in [4.78, 5) is 11.2. The number of hydrogen-bond acceptors (Lipinski definition) is 4. The second kappa shape index (κ2) is 4.49. The van der Waals surface area contributed by atoms with Gasteiger partial charge in [0.05, 0.1) is 14.2 Å². The number of fused-ring (bicyclic) bond motifs is 1. The van der Waals surface area contributed by atoms with Gasteiger partial charge in [0.15, 0.2) is 11.5 Å². The van der Waals surface area contributed by atoms with Crippen LogP contribution in [-0.4, -0.2) is 30.8 Å². The van der Waals surface area contributed by atoms with Gasteiger partial charge in [0, 0.05) is 12.0 Å². The first-order valence-corrected chi connectivity index (χ1v) is 5.77. The molecule has 1 unspecified atom stereocenters. The fourth-order valence-corrected chi connectivity index (χ4v) is 2.43. The van der Waals surface area contributed by atoms with E-state index in [9.17, 15) is 4.79 Å². The molecule has 0 saturated heterocycles. The molecule has 0 radical (unpaired) electrons. The predicted octanol–water partition coefficient (Wildman–Crippen LogP) is 0.975. The van der Waals surface area contributed by atoms with Gasteiger partial charge in [-0.1, -0.05) is 6.07 Å². The first-order valence-electron chi connectivity index (χ1n) is 5.77. The molecule has 0 spiro atoms. The number of benzene rings is 1. The summed E-state index contributed by atoms with van der Waals surface area (Å²) in [6, 6.07) is 3.64. The van der Waals surface area contributed by atoms with Crippen LogP contribution in [-0.2, 0) is 17.6 Å². The summed E-state index contributed by atoms with van der Waals surface area (Å²) in [5, 5.41) is 9.17. The Morgan fingerprint density at radius 2 is 2.11 bits per heavy atom. The first-order chi connectivity index (χ1) is 8.51. The SMILES string of the molecule is COc1ccc2c(c1OC)CCC(N)(C(=O)O)C2. The fraction of sp³-hybridized carbons (Fsp3) is 0.462. The van der Waals surface area contributed by atoms with Crippen molar-refractivity contribution in [1.29, 1.82) is 0 Å². The zero-order chi connectivity index (χ0) is 13.3. The lowest BCUT2D eigenvalue weighted by Gasteiger charge is -2.31. The third-order valence-electron chi connectivity index (χ3n) is 3.50. The lowest BCUT2D eigenvalue weighted by atomic mass is 9.78.